The molecular formula is C7H7BrN2O3. The van der Waals surface area contributed by atoms with Gasteiger partial charge in [0.25, 0.3) is 5.56 Å². The number of carboxylic acids is 1. The summed E-state index contributed by atoms with van der Waals surface area (Å²) in [6, 6.07) is 0. The molecule has 13 heavy (non-hydrogen) atoms. The molecule has 1 aromatic rings. The molecule has 0 fully saturated rings. The van der Waals surface area contributed by atoms with Gasteiger partial charge in [-0.05, 0) is 22.9 Å². The molecule has 0 radical (unpaired) electrons. The van der Waals surface area contributed by atoms with Crippen LogP contribution >= 0.6 is 15.9 Å². The van der Waals surface area contributed by atoms with E-state index in [0.29, 0.717) is 5.82 Å². The first-order valence-corrected chi connectivity index (χ1v) is 4.25. The molecule has 0 amide bonds. The Bertz CT molecular complexity index is 399. The standard InChI is InChI=1S/C7H7BrN2O3/c1-4-9-2-5(8)7(13)10(4)3-6(11)12/h2H,3H2,1H3,(H,11,12). The van der Waals surface area contributed by atoms with E-state index in [0.717, 1.165) is 4.57 Å². The van der Waals surface area contributed by atoms with Gasteiger partial charge in [-0.1, -0.05) is 0 Å². The predicted octanol–water partition coefficient (Wildman–Crippen LogP) is 0.399. The maximum atomic E-state index is 11.3. The van der Waals surface area contributed by atoms with Crippen molar-refractivity contribution in [3.8, 4) is 0 Å². The summed E-state index contributed by atoms with van der Waals surface area (Å²) >= 11 is 2.98. The summed E-state index contributed by atoms with van der Waals surface area (Å²) in [5.41, 5.74) is -0.380. The highest BCUT2D eigenvalue weighted by atomic mass is 79.9. The van der Waals surface area contributed by atoms with E-state index in [1.54, 1.807) is 6.92 Å². The quantitative estimate of drug-likeness (QED) is 0.820. The Kier molecular flexibility index (Phi) is 2.82. The molecule has 6 heteroatoms. The van der Waals surface area contributed by atoms with Crippen LogP contribution in [0.2, 0.25) is 0 Å². The average Bonchev–Trinajstić information content (AvgIpc) is 2.05. The zero-order chi connectivity index (χ0) is 10.0. The Hall–Kier alpha value is -1.17. The van der Waals surface area contributed by atoms with Crippen molar-refractivity contribution in [3.63, 3.8) is 0 Å². The summed E-state index contributed by atoms with van der Waals surface area (Å²) in [4.78, 5) is 25.6. The van der Waals surface area contributed by atoms with Crippen LogP contribution in [0, 0.1) is 6.92 Å². The van der Waals surface area contributed by atoms with Gasteiger partial charge in [0.05, 0.1) is 0 Å². The third-order valence-corrected chi connectivity index (χ3v) is 2.04. The number of aryl methyl sites for hydroxylation is 1. The molecule has 1 aromatic heterocycles. The van der Waals surface area contributed by atoms with Gasteiger partial charge in [0.15, 0.2) is 0 Å². The summed E-state index contributed by atoms with van der Waals surface area (Å²) in [5, 5.41) is 8.50. The molecular weight excluding hydrogens is 240 g/mol. The van der Waals surface area contributed by atoms with E-state index >= 15 is 0 Å². The fraction of sp³-hybridized carbons (Fsp3) is 0.286. The number of hydrogen-bond acceptors (Lipinski definition) is 3. The maximum absolute atomic E-state index is 11.3. The first-order valence-electron chi connectivity index (χ1n) is 3.46. The van der Waals surface area contributed by atoms with Crippen LogP contribution in [-0.4, -0.2) is 20.6 Å². The molecule has 5 nitrogen and oxygen atoms in total. The highest BCUT2D eigenvalue weighted by Crippen LogP contribution is 2.00. The minimum absolute atomic E-state index is 0.263. The smallest absolute Gasteiger partial charge is 0.323 e. The zero-order valence-corrected chi connectivity index (χ0v) is 8.41. The largest absolute Gasteiger partial charge is 0.480 e. The average molecular weight is 247 g/mol. The van der Waals surface area contributed by atoms with Gasteiger partial charge in [-0.3, -0.25) is 14.2 Å². The van der Waals surface area contributed by atoms with E-state index in [2.05, 4.69) is 20.9 Å². The molecule has 1 N–H and O–H groups in total. The van der Waals surface area contributed by atoms with Crippen molar-refractivity contribution in [2.45, 2.75) is 13.5 Å². The van der Waals surface area contributed by atoms with Gasteiger partial charge in [-0.15, -0.1) is 0 Å². The topological polar surface area (TPSA) is 72.2 Å². The SMILES string of the molecule is Cc1ncc(Br)c(=O)n1CC(=O)O. The molecule has 70 valence electrons. The monoisotopic (exact) mass is 246 g/mol. The Morgan fingerprint density at radius 2 is 2.38 bits per heavy atom. The van der Waals surface area contributed by atoms with E-state index in [9.17, 15) is 9.59 Å². The minimum Gasteiger partial charge on any atom is -0.480 e. The van der Waals surface area contributed by atoms with Gasteiger partial charge in [-0.25, -0.2) is 4.98 Å². The normalized spacial score (nSPS) is 10.0. The third kappa shape index (κ3) is 2.15. The number of aliphatic carboxylic acids is 1. The third-order valence-electron chi connectivity index (χ3n) is 1.50. The lowest BCUT2D eigenvalue weighted by molar-refractivity contribution is -0.137. The fourth-order valence-electron chi connectivity index (χ4n) is 0.872. The van der Waals surface area contributed by atoms with E-state index in [4.69, 9.17) is 5.11 Å². The van der Waals surface area contributed by atoms with Crippen LogP contribution in [-0.2, 0) is 11.3 Å². The molecule has 0 unspecified atom stereocenters. The molecule has 1 rings (SSSR count). The number of nitrogens with zero attached hydrogens (tertiary/aromatic N) is 2. The molecule has 1 heterocycles. The number of aromatic nitrogens is 2. The molecule has 0 aliphatic rings. The van der Waals surface area contributed by atoms with Gasteiger partial charge in [0, 0.05) is 6.20 Å². The van der Waals surface area contributed by atoms with E-state index in [1.165, 1.54) is 6.20 Å². The molecule has 0 aliphatic heterocycles. The van der Waals surface area contributed by atoms with Gasteiger partial charge >= 0.3 is 5.97 Å². The van der Waals surface area contributed by atoms with Crippen LogP contribution in [0.15, 0.2) is 15.5 Å². The van der Waals surface area contributed by atoms with Crippen molar-refractivity contribution in [2.75, 3.05) is 0 Å². The van der Waals surface area contributed by atoms with Gasteiger partial charge < -0.3 is 5.11 Å². The Labute approximate surface area is 82.2 Å². The van der Waals surface area contributed by atoms with Gasteiger partial charge in [0.1, 0.15) is 16.8 Å². The molecule has 0 saturated carbocycles. The van der Waals surface area contributed by atoms with Crippen molar-refractivity contribution in [1.29, 1.82) is 0 Å². The highest BCUT2D eigenvalue weighted by molar-refractivity contribution is 9.10. The van der Waals surface area contributed by atoms with Crippen molar-refractivity contribution < 1.29 is 9.90 Å². The summed E-state index contributed by atoms with van der Waals surface area (Å²) in [7, 11) is 0. The van der Waals surface area contributed by atoms with E-state index < -0.39 is 5.97 Å². The second kappa shape index (κ2) is 3.69. The summed E-state index contributed by atoms with van der Waals surface area (Å²) in [6.07, 6.45) is 1.36. The lowest BCUT2D eigenvalue weighted by atomic mass is 10.5. The Morgan fingerprint density at radius 3 is 2.92 bits per heavy atom. The number of halogens is 1. The highest BCUT2D eigenvalue weighted by Gasteiger charge is 2.07. The first-order chi connectivity index (χ1) is 6.02. The number of rotatable bonds is 2. The summed E-state index contributed by atoms with van der Waals surface area (Å²) in [5.74, 6) is -0.680. The lowest BCUT2D eigenvalue weighted by Gasteiger charge is -2.05. The molecule has 0 bridgehead atoms. The van der Waals surface area contributed by atoms with Crippen LogP contribution in [0.3, 0.4) is 0 Å². The van der Waals surface area contributed by atoms with Crippen LogP contribution < -0.4 is 5.56 Å². The minimum atomic E-state index is -1.06. The zero-order valence-electron chi connectivity index (χ0n) is 6.82. The van der Waals surface area contributed by atoms with Crippen molar-refractivity contribution >= 4 is 21.9 Å². The number of hydrogen-bond donors (Lipinski definition) is 1. The Balaban J connectivity index is 3.26. The molecule has 0 saturated heterocycles. The van der Waals surface area contributed by atoms with E-state index in [1.807, 2.05) is 0 Å². The molecule has 0 aliphatic carbocycles. The molecule has 0 atom stereocenters. The maximum Gasteiger partial charge on any atom is 0.323 e. The van der Waals surface area contributed by atoms with Crippen molar-refractivity contribution in [1.82, 2.24) is 9.55 Å². The predicted molar refractivity (Wildman–Crippen MR) is 48.6 cm³/mol. The van der Waals surface area contributed by atoms with Crippen LogP contribution in [0.5, 0.6) is 0 Å². The van der Waals surface area contributed by atoms with Crippen molar-refractivity contribution in [2.24, 2.45) is 0 Å². The molecule has 0 aromatic carbocycles. The van der Waals surface area contributed by atoms with Gasteiger partial charge in [0.2, 0.25) is 0 Å². The number of carboxylic acid groups (broad SMARTS) is 1. The van der Waals surface area contributed by atoms with Crippen LogP contribution in [0.25, 0.3) is 0 Å². The second-order valence-electron chi connectivity index (χ2n) is 2.44. The van der Waals surface area contributed by atoms with E-state index in [-0.39, 0.29) is 16.6 Å². The fourth-order valence-corrected chi connectivity index (χ4v) is 1.19. The molecule has 0 spiro atoms. The second-order valence-corrected chi connectivity index (χ2v) is 3.29. The van der Waals surface area contributed by atoms with Crippen LogP contribution in [0.4, 0.5) is 0 Å². The van der Waals surface area contributed by atoms with Crippen molar-refractivity contribution in [3.05, 3.63) is 26.8 Å². The first kappa shape index (κ1) is 9.91. The van der Waals surface area contributed by atoms with Crippen LogP contribution in [0.1, 0.15) is 5.82 Å². The number of carbonyl (C=O) groups is 1. The summed E-state index contributed by atoms with van der Waals surface area (Å²) < 4.78 is 1.35. The van der Waals surface area contributed by atoms with Gasteiger partial charge in [-0.2, -0.15) is 0 Å². The Morgan fingerprint density at radius 1 is 1.77 bits per heavy atom. The lowest BCUT2D eigenvalue weighted by Crippen LogP contribution is -2.27. The summed E-state index contributed by atoms with van der Waals surface area (Å²) in [6.45, 7) is 1.22.